The molecular formula is C30H35FN2O4. The monoisotopic (exact) mass is 506 g/mol. The first-order valence-electron chi connectivity index (χ1n) is 13.4. The molecule has 3 aliphatic carbocycles. The zero-order chi connectivity index (χ0) is 26.0. The molecule has 2 saturated heterocycles. The van der Waals surface area contributed by atoms with Crippen LogP contribution in [-0.4, -0.2) is 80.5 Å². The normalized spacial score (nSPS) is 46.3. The summed E-state index contributed by atoms with van der Waals surface area (Å²) >= 11 is 0. The summed E-state index contributed by atoms with van der Waals surface area (Å²) in [6, 6.07) is 7.89. The number of benzene rings is 1. The van der Waals surface area contributed by atoms with Crippen molar-refractivity contribution >= 4 is 16.3 Å². The molecule has 7 heteroatoms. The molecule has 196 valence electrons. The zero-order valence-corrected chi connectivity index (χ0v) is 21.6. The van der Waals surface area contributed by atoms with Crippen LogP contribution in [0.25, 0.3) is 16.3 Å². The van der Waals surface area contributed by atoms with Crippen LogP contribution in [0, 0.1) is 11.3 Å². The van der Waals surface area contributed by atoms with Gasteiger partial charge in [-0.05, 0) is 74.4 Å². The molecule has 2 bridgehead atoms. The van der Waals surface area contributed by atoms with E-state index in [2.05, 4.69) is 36.2 Å². The van der Waals surface area contributed by atoms with Gasteiger partial charge in [-0.15, -0.1) is 0 Å². The Morgan fingerprint density at radius 2 is 1.92 bits per heavy atom. The molecule has 3 unspecified atom stereocenters. The Kier molecular flexibility index (Phi) is 4.84. The van der Waals surface area contributed by atoms with E-state index in [1.54, 1.807) is 0 Å². The molecule has 1 aromatic carbocycles. The maximum absolute atomic E-state index is 17.0. The molecule has 0 radical (unpaired) electrons. The fourth-order valence-corrected chi connectivity index (χ4v) is 8.85. The molecule has 7 rings (SSSR count). The summed E-state index contributed by atoms with van der Waals surface area (Å²) in [4.78, 5) is 6.21. The largest absolute Gasteiger partial charge is 0.389 e. The Hall–Kier alpha value is -2.16. The highest BCUT2D eigenvalue weighted by molar-refractivity contribution is 5.95. The number of aliphatic hydroxyl groups excluding tert-OH is 3. The van der Waals surface area contributed by atoms with E-state index < -0.39 is 41.2 Å². The zero-order valence-electron chi connectivity index (χ0n) is 21.6. The van der Waals surface area contributed by atoms with Crippen LogP contribution in [0.3, 0.4) is 0 Å². The third kappa shape index (κ3) is 2.69. The van der Waals surface area contributed by atoms with Crippen LogP contribution in [0.5, 0.6) is 0 Å². The molecule has 2 aromatic rings. The van der Waals surface area contributed by atoms with Crippen LogP contribution in [0.1, 0.15) is 44.6 Å². The van der Waals surface area contributed by atoms with Crippen molar-refractivity contribution in [2.75, 3.05) is 14.1 Å². The third-order valence-corrected chi connectivity index (χ3v) is 10.7. The highest BCUT2D eigenvalue weighted by Gasteiger charge is 2.79. The molecule has 3 heterocycles. The van der Waals surface area contributed by atoms with Gasteiger partial charge in [-0.25, -0.2) is 4.39 Å². The first-order chi connectivity index (χ1) is 17.6. The predicted molar refractivity (Wildman–Crippen MR) is 138 cm³/mol. The molecule has 0 amide bonds. The number of ether oxygens (including phenoxy) is 1. The van der Waals surface area contributed by atoms with Gasteiger partial charge in [0.05, 0.1) is 11.7 Å². The van der Waals surface area contributed by atoms with Gasteiger partial charge in [0.25, 0.3) is 0 Å². The van der Waals surface area contributed by atoms with E-state index >= 15 is 4.39 Å². The SMILES string of the molecule is CN(C)[C@H]1C[C@@]23CC[C@@]4(O2)C(=CC[C@]2(C)C(c5cccc6ccncc56)=CCC24)C(O)C3(F)[C@@H](O)[C@@H]1O. The average Bonchev–Trinajstić information content (AvgIpc) is 3.42. The number of pyridine rings is 1. The number of allylic oxidation sites excluding steroid dienone is 3. The number of halogens is 1. The molecular weight excluding hydrogens is 471 g/mol. The summed E-state index contributed by atoms with van der Waals surface area (Å²) < 4.78 is 24.0. The van der Waals surface area contributed by atoms with Crippen LogP contribution < -0.4 is 0 Å². The van der Waals surface area contributed by atoms with Crippen LogP contribution in [0.4, 0.5) is 4.39 Å². The van der Waals surface area contributed by atoms with Crippen molar-refractivity contribution in [2.45, 2.75) is 80.3 Å². The van der Waals surface area contributed by atoms with Crippen molar-refractivity contribution in [2.24, 2.45) is 11.3 Å². The van der Waals surface area contributed by atoms with Crippen LogP contribution in [-0.2, 0) is 4.74 Å². The molecule has 2 spiro atoms. The van der Waals surface area contributed by atoms with Crippen molar-refractivity contribution in [1.82, 2.24) is 9.88 Å². The predicted octanol–water partition coefficient (Wildman–Crippen LogP) is 3.40. The van der Waals surface area contributed by atoms with E-state index in [-0.39, 0.29) is 17.8 Å². The Balaban J connectivity index is 1.35. The van der Waals surface area contributed by atoms with Gasteiger partial charge >= 0.3 is 0 Å². The van der Waals surface area contributed by atoms with Gasteiger partial charge in [-0.2, -0.15) is 0 Å². The van der Waals surface area contributed by atoms with E-state index in [0.717, 1.165) is 22.8 Å². The number of hydrogen-bond acceptors (Lipinski definition) is 6. The molecule has 3 N–H and O–H groups in total. The van der Waals surface area contributed by atoms with E-state index in [1.165, 1.54) is 5.57 Å². The van der Waals surface area contributed by atoms with E-state index in [4.69, 9.17) is 4.74 Å². The minimum atomic E-state index is -2.46. The Bertz CT molecular complexity index is 1350. The summed E-state index contributed by atoms with van der Waals surface area (Å²) in [7, 11) is 3.64. The lowest BCUT2D eigenvalue weighted by Crippen LogP contribution is -2.78. The molecule has 1 saturated carbocycles. The minimum absolute atomic E-state index is 0.0299. The first-order valence-corrected chi connectivity index (χ1v) is 13.4. The molecule has 9 atom stereocenters. The van der Waals surface area contributed by atoms with Gasteiger partial charge in [-0.3, -0.25) is 4.98 Å². The summed E-state index contributed by atoms with van der Waals surface area (Å²) in [5.74, 6) is 0.0299. The van der Waals surface area contributed by atoms with Gasteiger partial charge in [0.1, 0.15) is 17.8 Å². The van der Waals surface area contributed by atoms with Gasteiger partial charge in [0.15, 0.2) is 5.67 Å². The topological polar surface area (TPSA) is 86.1 Å². The number of hydrogen-bond donors (Lipinski definition) is 3. The lowest BCUT2D eigenvalue weighted by molar-refractivity contribution is -0.308. The Morgan fingerprint density at radius 1 is 1.11 bits per heavy atom. The van der Waals surface area contributed by atoms with Crippen LogP contribution >= 0.6 is 0 Å². The van der Waals surface area contributed by atoms with Crippen molar-refractivity contribution in [3.05, 3.63) is 59.9 Å². The number of nitrogens with zero attached hydrogens (tertiary/aromatic N) is 2. The standard InChI is InChI=1S/C30H35FN2O4/c1-27-11-9-21-25(35)30(31)26(36)24(34)22(33(2)3)15-28(30)12-13-29(21,37-28)23(27)8-7-20(27)18-6-4-5-17-10-14-32-16-19(17)18/h4-7,9-10,14,16,22-26,34-36H,8,11-13,15H2,1-3H3/t22-,23?,24+,25?,26-,27+,28+,29+,30?/m0/s1. The second-order valence-electron chi connectivity index (χ2n) is 12.4. The molecule has 3 fully saturated rings. The van der Waals surface area contributed by atoms with Crippen molar-refractivity contribution in [3.63, 3.8) is 0 Å². The summed E-state index contributed by atoms with van der Waals surface area (Å²) in [6.45, 7) is 2.27. The van der Waals surface area contributed by atoms with Gasteiger partial charge < -0.3 is 25.0 Å². The summed E-state index contributed by atoms with van der Waals surface area (Å²) in [6.07, 6.45) is 6.04. The average molecular weight is 507 g/mol. The number of likely N-dealkylation sites (N-methyl/N-ethyl adjacent to an activating group) is 1. The van der Waals surface area contributed by atoms with Crippen molar-refractivity contribution < 1.29 is 24.4 Å². The van der Waals surface area contributed by atoms with Crippen molar-refractivity contribution in [1.29, 1.82) is 0 Å². The van der Waals surface area contributed by atoms with Gasteiger partial charge in [0, 0.05) is 35.2 Å². The van der Waals surface area contributed by atoms with Crippen molar-refractivity contribution in [3.8, 4) is 0 Å². The van der Waals surface area contributed by atoms with Crippen LogP contribution in [0.2, 0.25) is 0 Å². The molecule has 2 aliphatic heterocycles. The Morgan fingerprint density at radius 3 is 2.70 bits per heavy atom. The number of rotatable bonds is 2. The first kappa shape index (κ1) is 23.9. The highest BCUT2D eigenvalue weighted by atomic mass is 19.1. The maximum atomic E-state index is 17.0. The summed E-state index contributed by atoms with van der Waals surface area (Å²) in [5.41, 5.74) is -1.92. The smallest absolute Gasteiger partial charge is 0.197 e. The minimum Gasteiger partial charge on any atom is -0.389 e. The second-order valence-corrected chi connectivity index (χ2v) is 12.4. The number of aromatic nitrogens is 1. The van der Waals surface area contributed by atoms with Crippen LogP contribution in [0.15, 0.2) is 54.4 Å². The lowest BCUT2D eigenvalue weighted by atomic mass is 9.55. The quantitative estimate of drug-likeness (QED) is 0.542. The van der Waals surface area contributed by atoms with E-state index in [0.29, 0.717) is 24.8 Å². The fraction of sp³-hybridized carbons (Fsp3) is 0.567. The Labute approximate surface area is 216 Å². The molecule has 5 aliphatic rings. The number of fused-ring (bicyclic) bond motifs is 2. The molecule has 37 heavy (non-hydrogen) atoms. The third-order valence-electron chi connectivity index (χ3n) is 10.7. The van der Waals surface area contributed by atoms with Gasteiger partial charge in [0.2, 0.25) is 0 Å². The lowest BCUT2D eigenvalue weighted by Gasteiger charge is -2.62. The maximum Gasteiger partial charge on any atom is 0.197 e. The number of alkyl halides is 1. The van der Waals surface area contributed by atoms with Gasteiger partial charge in [-0.1, -0.05) is 37.3 Å². The number of aliphatic hydroxyl groups is 3. The fourth-order valence-electron chi connectivity index (χ4n) is 8.85. The molecule has 1 aromatic heterocycles. The van der Waals surface area contributed by atoms with E-state index in [9.17, 15) is 15.3 Å². The second kappa shape index (κ2) is 7.48. The summed E-state index contributed by atoms with van der Waals surface area (Å²) in [5, 5.41) is 35.9. The van der Waals surface area contributed by atoms with E-state index in [1.807, 2.05) is 43.5 Å². The molecule has 6 nitrogen and oxygen atoms in total. The highest BCUT2D eigenvalue weighted by Crippen LogP contribution is 2.70.